The molecule has 1 fully saturated rings. The van der Waals surface area contributed by atoms with Gasteiger partial charge in [-0.3, -0.25) is 9.68 Å². The van der Waals surface area contributed by atoms with E-state index < -0.39 is 32.1 Å². The average Bonchev–Trinajstić information content (AvgIpc) is 2.29. The number of hydrogen-bond acceptors (Lipinski definition) is 6. The van der Waals surface area contributed by atoms with Crippen LogP contribution in [0, 0.1) is 0 Å². The van der Waals surface area contributed by atoms with Crippen LogP contribution in [0.15, 0.2) is 0 Å². The minimum atomic E-state index is -3.92. The van der Waals surface area contributed by atoms with Crippen molar-refractivity contribution in [2.75, 3.05) is 0 Å². The van der Waals surface area contributed by atoms with Gasteiger partial charge in [0.05, 0.1) is 5.25 Å². The largest absolute Gasteiger partial charge is 0.367 e. The van der Waals surface area contributed by atoms with E-state index in [1.165, 1.54) is 0 Å². The Labute approximate surface area is 99.8 Å². The van der Waals surface area contributed by atoms with Crippen LogP contribution in [0.25, 0.3) is 0 Å². The zero-order valence-corrected chi connectivity index (χ0v) is 10.4. The fraction of sp³-hybridized carbons (Fsp3) is 0.800. The number of hydrogen-bond donors (Lipinski definition) is 1. The van der Waals surface area contributed by atoms with E-state index in [2.05, 4.69) is 4.89 Å². The third-order valence-electron chi connectivity index (χ3n) is 3.02. The second-order valence-corrected chi connectivity index (χ2v) is 6.57. The van der Waals surface area contributed by atoms with E-state index in [9.17, 15) is 18.0 Å². The summed E-state index contributed by atoms with van der Waals surface area (Å²) in [6.45, 7) is 1.00. The molecule has 1 saturated carbocycles. The van der Waals surface area contributed by atoms with Gasteiger partial charge in [0.2, 0.25) is 5.25 Å². The maximum atomic E-state index is 12.1. The standard InChI is InChI=1S/C10H16O6S/c1-7(11)9(10(12)16-13)17(14,15)8-5-3-2-4-6-8/h8-9,13H,2-6H2,1H3. The third kappa shape index (κ3) is 3.04. The Bertz CT molecular complexity index is 393. The van der Waals surface area contributed by atoms with E-state index in [-0.39, 0.29) is 0 Å². The summed E-state index contributed by atoms with van der Waals surface area (Å²) < 4.78 is 24.2. The summed E-state index contributed by atoms with van der Waals surface area (Å²) in [7, 11) is -3.92. The van der Waals surface area contributed by atoms with Gasteiger partial charge in [0.1, 0.15) is 0 Å². The molecule has 1 aliphatic rings. The summed E-state index contributed by atoms with van der Waals surface area (Å²) in [5.74, 6) is -2.24. The highest BCUT2D eigenvalue weighted by Crippen LogP contribution is 2.27. The molecule has 0 saturated heterocycles. The normalized spacial score (nSPS) is 19.6. The molecule has 0 radical (unpaired) electrons. The van der Waals surface area contributed by atoms with Crippen molar-refractivity contribution in [2.24, 2.45) is 0 Å². The van der Waals surface area contributed by atoms with Crippen molar-refractivity contribution in [1.82, 2.24) is 0 Å². The molecule has 0 heterocycles. The predicted octanol–water partition coefficient (Wildman–Crippen LogP) is 0.708. The number of carbonyl (C=O) groups is 2. The molecular weight excluding hydrogens is 248 g/mol. The number of rotatable bonds is 4. The van der Waals surface area contributed by atoms with E-state index in [0.717, 1.165) is 26.2 Å². The Hall–Kier alpha value is -0.950. The second-order valence-electron chi connectivity index (χ2n) is 4.25. The molecule has 0 aromatic rings. The highest BCUT2D eigenvalue weighted by molar-refractivity contribution is 7.94. The first-order valence-electron chi connectivity index (χ1n) is 5.49. The zero-order chi connectivity index (χ0) is 13.1. The van der Waals surface area contributed by atoms with Crippen LogP contribution in [0.4, 0.5) is 0 Å². The van der Waals surface area contributed by atoms with Crippen molar-refractivity contribution in [3.8, 4) is 0 Å². The van der Waals surface area contributed by atoms with Crippen molar-refractivity contribution in [1.29, 1.82) is 0 Å². The molecule has 98 valence electrons. The molecule has 0 amide bonds. The number of ketones is 1. The van der Waals surface area contributed by atoms with Gasteiger partial charge in [-0.2, -0.15) is 5.26 Å². The summed E-state index contributed by atoms with van der Waals surface area (Å²) in [5.41, 5.74) is 0. The Morgan fingerprint density at radius 3 is 2.18 bits per heavy atom. The first-order valence-corrected chi connectivity index (χ1v) is 7.10. The van der Waals surface area contributed by atoms with Gasteiger partial charge in [-0.1, -0.05) is 19.3 Å². The van der Waals surface area contributed by atoms with Crippen LogP contribution in [0.5, 0.6) is 0 Å². The molecule has 17 heavy (non-hydrogen) atoms. The summed E-state index contributed by atoms with van der Waals surface area (Å²) in [6, 6.07) is 0. The van der Waals surface area contributed by atoms with Crippen LogP contribution in [0.3, 0.4) is 0 Å². The first-order chi connectivity index (χ1) is 7.91. The third-order valence-corrected chi connectivity index (χ3v) is 5.60. The summed E-state index contributed by atoms with van der Waals surface area (Å²) in [6.07, 6.45) is 3.39. The molecular formula is C10H16O6S. The summed E-state index contributed by atoms with van der Waals surface area (Å²) >= 11 is 0. The van der Waals surface area contributed by atoms with Crippen LogP contribution in [0.2, 0.25) is 0 Å². The smallest absolute Gasteiger partial charge is 0.299 e. The lowest BCUT2D eigenvalue weighted by atomic mass is 10.0. The van der Waals surface area contributed by atoms with E-state index >= 15 is 0 Å². The lowest BCUT2D eigenvalue weighted by molar-refractivity contribution is -0.233. The van der Waals surface area contributed by atoms with Gasteiger partial charge < -0.3 is 0 Å². The van der Waals surface area contributed by atoms with E-state index in [0.29, 0.717) is 12.8 Å². The number of Topliss-reactive ketones (excluding diaryl/α,β-unsaturated/α-hetero) is 1. The second kappa shape index (κ2) is 5.59. The highest BCUT2D eigenvalue weighted by atomic mass is 32.2. The lowest BCUT2D eigenvalue weighted by Crippen LogP contribution is -2.43. The SMILES string of the molecule is CC(=O)C(C(=O)OO)S(=O)(=O)C1CCCCC1. The molecule has 0 aliphatic heterocycles. The molecule has 1 rings (SSSR count). The Kier molecular flexibility index (Phi) is 4.64. The fourth-order valence-corrected chi connectivity index (χ4v) is 4.31. The quantitative estimate of drug-likeness (QED) is 0.456. The van der Waals surface area contributed by atoms with E-state index in [1.807, 2.05) is 0 Å². The number of carbonyl (C=O) groups excluding carboxylic acids is 2. The molecule has 1 N–H and O–H groups in total. The van der Waals surface area contributed by atoms with Gasteiger partial charge in [-0.05, 0) is 19.8 Å². The molecule has 0 bridgehead atoms. The van der Waals surface area contributed by atoms with Crippen molar-refractivity contribution in [2.45, 2.75) is 49.5 Å². The molecule has 1 unspecified atom stereocenters. The molecule has 1 atom stereocenters. The Morgan fingerprint density at radius 1 is 1.24 bits per heavy atom. The molecule has 6 nitrogen and oxygen atoms in total. The Balaban J connectivity index is 2.99. The number of sulfone groups is 1. The minimum absolute atomic E-state index is 0.449. The van der Waals surface area contributed by atoms with Gasteiger partial charge in [-0.25, -0.2) is 13.2 Å². The van der Waals surface area contributed by atoms with Crippen molar-refractivity contribution in [3.63, 3.8) is 0 Å². The average molecular weight is 264 g/mol. The topological polar surface area (TPSA) is 97.7 Å². The van der Waals surface area contributed by atoms with Crippen LogP contribution >= 0.6 is 0 Å². The van der Waals surface area contributed by atoms with Crippen molar-refractivity contribution in [3.05, 3.63) is 0 Å². The molecule has 1 aliphatic carbocycles. The highest BCUT2D eigenvalue weighted by Gasteiger charge is 2.43. The molecule has 0 aromatic carbocycles. The monoisotopic (exact) mass is 264 g/mol. The summed E-state index contributed by atoms with van der Waals surface area (Å²) in [4.78, 5) is 25.8. The maximum absolute atomic E-state index is 12.1. The molecule has 0 spiro atoms. The van der Waals surface area contributed by atoms with Crippen molar-refractivity contribution < 1.29 is 28.2 Å². The van der Waals surface area contributed by atoms with Gasteiger partial charge in [0.15, 0.2) is 15.6 Å². The van der Waals surface area contributed by atoms with Gasteiger partial charge in [0.25, 0.3) is 0 Å². The molecule has 7 heteroatoms. The summed E-state index contributed by atoms with van der Waals surface area (Å²) in [5, 5.41) is 5.67. The van der Waals surface area contributed by atoms with E-state index in [1.54, 1.807) is 0 Å². The van der Waals surface area contributed by atoms with Crippen LogP contribution in [-0.2, 0) is 24.3 Å². The fourth-order valence-electron chi connectivity index (χ4n) is 2.17. The lowest BCUT2D eigenvalue weighted by Gasteiger charge is -2.24. The maximum Gasteiger partial charge on any atom is 0.367 e. The van der Waals surface area contributed by atoms with Gasteiger partial charge in [-0.15, -0.1) is 0 Å². The zero-order valence-electron chi connectivity index (χ0n) is 9.59. The van der Waals surface area contributed by atoms with Crippen LogP contribution in [0.1, 0.15) is 39.0 Å². The van der Waals surface area contributed by atoms with Gasteiger partial charge >= 0.3 is 5.97 Å². The van der Waals surface area contributed by atoms with Gasteiger partial charge in [0, 0.05) is 0 Å². The molecule has 0 aromatic heterocycles. The van der Waals surface area contributed by atoms with Crippen LogP contribution < -0.4 is 0 Å². The predicted molar refractivity (Wildman–Crippen MR) is 59.0 cm³/mol. The Morgan fingerprint density at radius 2 is 1.76 bits per heavy atom. The van der Waals surface area contributed by atoms with Crippen molar-refractivity contribution >= 4 is 21.6 Å². The minimum Gasteiger partial charge on any atom is -0.299 e. The van der Waals surface area contributed by atoms with Crippen LogP contribution in [-0.4, -0.2) is 35.9 Å². The first kappa shape index (κ1) is 14.1. The van der Waals surface area contributed by atoms with E-state index in [4.69, 9.17) is 5.26 Å².